The first-order valence-electron chi connectivity index (χ1n) is 5.13. The summed E-state index contributed by atoms with van der Waals surface area (Å²) in [4.78, 5) is 11.8. The van der Waals surface area contributed by atoms with Crippen molar-refractivity contribution in [3.63, 3.8) is 0 Å². The van der Waals surface area contributed by atoms with Gasteiger partial charge in [-0.15, -0.1) is 0 Å². The molecule has 1 fully saturated rings. The molecule has 2 atom stereocenters. The van der Waals surface area contributed by atoms with Gasteiger partial charge in [-0.25, -0.2) is 0 Å². The lowest BCUT2D eigenvalue weighted by Gasteiger charge is -2.13. The number of hydrogen-bond donors (Lipinski definition) is 1. The van der Waals surface area contributed by atoms with E-state index in [0.29, 0.717) is 18.8 Å². The van der Waals surface area contributed by atoms with Gasteiger partial charge in [0.25, 0.3) is 0 Å². The van der Waals surface area contributed by atoms with Gasteiger partial charge in [-0.3, -0.25) is 4.79 Å². The van der Waals surface area contributed by atoms with Crippen LogP contribution in [-0.4, -0.2) is 24.1 Å². The molecule has 1 heterocycles. The first kappa shape index (κ1) is 10.3. The number of carbonyl (C=O) groups excluding carboxylic acids is 1. The minimum absolute atomic E-state index is 0.126. The molecule has 0 spiro atoms. The molecule has 1 N–H and O–H groups in total. The average molecular weight is 206 g/mol. The highest BCUT2D eigenvalue weighted by atomic mass is 16.5. The second kappa shape index (κ2) is 4.55. The summed E-state index contributed by atoms with van der Waals surface area (Å²) in [6.45, 7) is 1.07. The summed E-state index contributed by atoms with van der Waals surface area (Å²) in [5, 5.41) is 9.84. The largest absolute Gasteiger partial charge is 0.381 e. The molecule has 2 unspecified atom stereocenters. The third-order valence-corrected chi connectivity index (χ3v) is 2.72. The molecule has 15 heavy (non-hydrogen) atoms. The zero-order valence-electron chi connectivity index (χ0n) is 8.43. The van der Waals surface area contributed by atoms with Crippen LogP contribution in [0.5, 0.6) is 0 Å². The number of rotatable bonds is 3. The average Bonchev–Trinajstić information content (AvgIpc) is 2.82. The molecule has 3 nitrogen and oxygen atoms in total. The van der Waals surface area contributed by atoms with Crippen molar-refractivity contribution in [1.29, 1.82) is 0 Å². The molecule has 3 heteroatoms. The van der Waals surface area contributed by atoms with Crippen LogP contribution in [0, 0.1) is 5.92 Å². The monoisotopic (exact) mass is 206 g/mol. The Morgan fingerprint density at radius 3 is 2.73 bits per heavy atom. The number of benzene rings is 1. The van der Waals surface area contributed by atoms with E-state index in [2.05, 4.69) is 0 Å². The summed E-state index contributed by atoms with van der Waals surface area (Å²) in [5.41, 5.74) is 0.661. The smallest absolute Gasteiger partial charge is 0.171 e. The van der Waals surface area contributed by atoms with Gasteiger partial charge >= 0.3 is 0 Å². The van der Waals surface area contributed by atoms with E-state index in [-0.39, 0.29) is 11.7 Å². The number of carbonyl (C=O) groups is 1. The van der Waals surface area contributed by atoms with Crippen molar-refractivity contribution in [1.82, 2.24) is 0 Å². The Morgan fingerprint density at radius 2 is 2.13 bits per heavy atom. The van der Waals surface area contributed by atoms with Gasteiger partial charge in [-0.2, -0.15) is 0 Å². The highest BCUT2D eigenvalue weighted by Crippen LogP contribution is 2.22. The second-order valence-electron chi connectivity index (χ2n) is 3.78. The number of Topliss-reactive ketones (excluding diaryl/α,β-unsaturated/α-hetero) is 1. The van der Waals surface area contributed by atoms with Gasteiger partial charge < -0.3 is 9.84 Å². The molecule has 2 rings (SSSR count). The zero-order chi connectivity index (χ0) is 10.7. The Labute approximate surface area is 88.7 Å². The highest BCUT2D eigenvalue weighted by Gasteiger charge is 2.29. The summed E-state index contributed by atoms with van der Waals surface area (Å²) in [6, 6.07) is 9.02. The predicted molar refractivity (Wildman–Crippen MR) is 55.3 cm³/mol. The molecule has 1 saturated heterocycles. The molecule has 1 aliphatic rings. The third kappa shape index (κ3) is 2.25. The lowest BCUT2D eigenvalue weighted by atomic mass is 9.95. The van der Waals surface area contributed by atoms with Gasteiger partial charge in [0.05, 0.1) is 6.61 Å². The van der Waals surface area contributed by atoms with E-state index in [0.717, 1.165) is 6.42 Å². The molecule has 0 aliphatic carbocycles. The van der Waals surface area contributed by atoms with E-state index in [1.807, 2.05) is 18.2 Å². The molecule has 0 bridgehead atoms. The Morgan fingerprint density at radius 1 is 1.40 bits per heavy atom. The third-order valence-electron chi connectivity index (χ3n) is 2.72. The Balaban J connectivity index is 2.07. The molecular formula is C12H14O3. The van der Waals surface area contributed by atoms with Crippen LogP contribution in [0.4, 0.5) is 0 Å². The Hall–Kier alpha value is -1.19. The fourth-order valence-corrected chi connectivity index (χ4v) is 1.78. The number of hydrogen-bond acceptors (Lipinski definition) is 3. The lowest BCUT2D eigenvalue weighted by molar-refractivity contribution is -0.131. The molecule has 1 aliphatic heterocycles. The van der Waals surface area contributed by atoms with Crippen LogP contribution in [0.3, 0.4) is 0 Å². The molecule has 0 radical (unpaired) electrons. The maximum atomic E-state index is 11.8. The topological polar surface area (TPSA) is 46.5 Å². The van der Waals surface area contributed by atoms with Crippen molar-refractivity contribution < 1.29 is 14.6 Å². The van der Waals surface area contributed by atoms with E-state index in [9.17, 15) is 9.90 Å². The lowest BCUT2D eigenvalue weighted by Crippen LogP contribution is -2.22. The summed E-state index contributed by atoms with van der Waals surface area (Å²) >= 11 is 0. The molecule has 0 saturated carbocycles. The molecule has 80 valence electrons. The van der Waals surface area contributed by atoms with Crippen LogP contribution in [0.2, 0.25) is 0 Å². The van der Waals surface area contributed by atoms with Gasteiger partial charge in [0.15, 0.2) is 5.78 Å². The van der Waals surface area contributed by atoms with E-state index in [4.69, 9.17) is 4.74 Å². The predicted octanol–water partition coefficient (Wildman–Crippen LogP) is 1.33. The van der Waals surface area contributed by atoms with Gasteiger partial charge in [-0.05, 0) is 12.0 Å². The van der Waals surface area contributed by atoms with Crippen molar-refractivity contribution >= 4 is 5.78 Å². The Kier molecular flexibility index (Phi) is 3.14. The quantitative estimate of drug-likeness (QED) is 0.811. The van der Waals surface area contributed by atoms with Crippen LogP contribution >= 0.6 is 0 Å². The number of aliphatic hydroxyl groups excluding tert-OH is 1. The normalized spacial score (nSPS) is 22.6. The maximum absolute atomic E-state index is 11.8. The van der Waals surface area contributed by atoms with E-state index >= 15 is 0 Å². The molecule has 1 aromatic rings. The Bertz CT molecular complexity index is 328. The second-order valence-corrected chi connectivity index (χ2v) is 3.78. The van der Waals surface area contributed by atoms with Crippen molar-refractivity contribution in [2.24, 2.45) is 5.92 Å². The van der Waals surface area contributed by atoms with E-state index in [1.165, 1.54) is 0 Å². The van der Waals surface area contributed by atoms with Crippen molar-refractivity contribution in [3.05, 3.63) is 35.9 Å². The van der Waals surface area contributed by atoms with Crippen molar-refractivity contribution in [2.45, 2.75) is 12.5 Å². The SMILES string of the molecule is O=C(C1CCOC1)C(O)c1ccccc1. The minimum atomic E-state index is -1.00. The van der Waals surface area contributed by atoms with Crippen molar-refractivity contribution in [3.8, 4) is 0 Å². The van der Waals surface area contributed by atoms with Crippen LogP contribution in [-0.2, 0) is 9.53 Å². The molecular weight excluding hydrogens is 192 g/mol. The van der Waals surface area contributed by atoms with Gasteiger partial charge in [0.2, 0.25) is 0 Å². The molecule has 0 aromatic heterocycles. The van der Waals surface area contributed by atoms with Crippen LogP contribution in [0.1, 0.15) is 18.1 Å². The number of aliphatic hydroxyl groups is 1. The van der Waals surface area contributed by atoms with E-state index < -0.39 is 6.10 Å². The first-order chi connectivity index (χ1) is 7.29. The fraction of sp³-hybridized carbons (Fsp3) is 0.417. The highest BCUT2D eigenvalue weighted by molar-refractivity contribution is 5.86. The first-order valence-corrected chi connectivity index (χ1v) is 5.13. The van der Waals surface area contributed by atoms with Gasteiger partial charge in [-0.1, -0.05) is 30.3 Å². The van der Waals surface area contributed by atoms with Crippen LogP contribution in [0.25, 0.3) is 0 Å². The number of ketones is 1. The standard InChI is InChI=1S/C12H14O3/c13-11(9-4-2-1-3-5-9)12(14)10-6-7-15-8-10/h1-5,10-11,13H,6-8H2. The summed E-state index contributed by atoms with van der Waals surface area (Å²) in [7, 11) is 0. The minimum Gasteiger partial charge on any atom is -0.381 e. The van der Waals surface area contributed by atoms with Crippen molar-refractivity contribution in [2.75, 3.05) is 13.2 Å². The summed E-state index contributed by atoms with van der Waals surface area (Å²) in [5.74, 6) is -0.265. The van der Waals surface area contributed by atoms with Crippen LogP contribution in [0.15, 0.2) is 30.3 Å². The summed E-state index contributed by atoms with van der Waals surface area (Å²) < 4.78 is 5.13. The van der Waals surface area contributed by atoms with Gasteiger partial charge in [0.1, 0.15) is 6.10 Å². The van der Waals surface area contributed by atoms with Crippen LogP contribution < -0.4 is 0 Å². The van der Waals surface area contributed by atoms with Gasteiger partial charge in [0, 0.05) is 12.5 Å². The molecule has 0 amide bonds. The number of ether oxygens (including phenoxy) is 1. The van der Waals surface area contributed by atoms with E-state index in [1.54, 1.807) is 12.1 Å². The molecule has 1 aromatic carbocycles. The zero-order valence-corrected chi connectivity index (χ0v) is 8.43. The fourth-order valence-electron chi connectivity index (χ4n) is 1.78. The summed E-state index contributed by atoms with van der Waals surface area (Å²) in [6.07, 6.45) is -0.277. The maximum Gasteiger partial charge on any atom is 0.171 e.